The first kappa shape index (κ1) is 15.0. The van der Waals surface area contributed by atoms with Crippen molar-refractivity contribution >= 4 is 22.5 Å². The minimum Gasteiger partial charge on any atom is -0.325 e. The van der Waals surface area contributed by atoms with Gasteiger partial charge in [-0.15, -0.1) is 0 Å². The minimum absolute atomic E-state index is 0.0658. The smallest absolute Gasteiger partial charge is 0.261 e. The molecule has 2 aromatic carbocycles. The molecule has 0 radical (unpaired) electrons. The summed E-state index contributed by atoms with van der Waals surface area (Å²) in [5, 5.41) is 3.32. The molecule has 0 aliphatic rings. The van der Waals surface area contributed by atoms with Crippen molar-refractivity contribution in [3.8, 4) is 0 Å². The average molecular weight is 307 g/mol. The number of carbonyl (C=O) groups is 1. The third kappa shape index (κ3) is 3.13. The summed E-state index contributed by atoms with van der Waals surface area (Å²) in [5.74, 6) is -0.258. The summed E-state index contributed by atoms with van der Waals surface area (Å²) < 4.78 is 1.33. The standard InChI is InChI=1S/C18H17N3O2/c1-12-5-3-7-14(9-12)20-16(22)10-21-11-19-17-13(2)6-4-8-15(17)18(21)23/h3-9,11H,10H2,1-2H3,(H,20,22). The van der Waals surface area contributed by atoms with Crippen molar-refractivity contribution in [1.82, 2.24) is 9.55 Å². The molecule has 1 N–H and O–H groups in total. The lowest BCUT2D eigenvalue weighted by atomic mass is 10.1. The van der Waals surface area contributed by atoms with Crippen LogP contribution in [0.5, 0.6) is 0 Å². The highest BCUT2D eigenvalue weighted by Crippen LogP contribution is 2.12. The lowest BCUT2D eigenvalue weighted by molar-refractivity contribution is -0.116. The summed E-state index contributed by atoms with van der Waals surface area (Å²) in [6.45, 7) is 3.79. The maximum absolute atomic E-state index is 12.5. The van der Waals surface area contributed by atoms with Crippen molar-refractivity contribution in [3.63, 3.8) is 0 Å². The predicted octanol–water partition coefficient (Wildman–Crippen LogP) is 2.65. The first-order chi connectivity index (χ1) is 11.0. The Hall–Kier alpha value is -2.95. The lowest BCUT2D eigenvalue weighted by Crippen LogP contribution is -2.28. The van der Waals surface area contributed by atoms with Crippen molar-refractivity contribution in [2.24, 2.45) is 0 Å². The van der Waals surface area contributed by atoms with Gasteiger partial charge < -0.3 is 5.32 Å². The molecule has 116 valence electrons. The predicted molar refractivity (Wildman–Crippen MR) is 90.5 cm³/mol. The molecule has 1 heterocycles. The first-order valence-corrected chi connectivity index (χ1v) is 7.36. The van der Waals surface area contributed by atoms with Gasteiger partial charge in [0.1, 0.15) is 6.54 Å². The number of nitrogens with one attached hydrogen (secondary N) is 1. The number of fused-ring (bicyclic) bond motifs is 1. The van der Waals surface area contributed by atoms with Gasteiger partial charge in [-0.05, 0) is 43.2 Å². The zero-order valence-electron chi connectivity index (χ0n) is 13.0. The fourth-order valence-electron chi connectivity index (χ4n) is 2.53. The highest BCUT2D eigenvalue weighted by Gasteiger charge is 2.09. The van der Waals surface area contributed by atoms with E-state index in [0.717, 1.165) is 11.1 Å². The van der Waals surface area contributed by atoms with E-state index in [2.05, 4.69) is 10.3 Å². The largest absolute Gasteiger partial charge is 0.325 e. The second kappa shape index (κ2) is 6.04. The molecule has 0 aliphatic heterocycles. The van der Waals surface area contributed by atoms with E-state index in [1.165, 1.54) is 10.9 Å². The zero-order chi connectivity index (χ0) is 16.4. The Bertz CT molecular complexity index is 944. The van der Waals surface area contributed by atoms with Crippen LogP contribution in [0.3, 0.4) is 0 Å². The molecule has 3 aromatic rings. The molecule has 0 bridgehead atoms. The number of aromatic nitrogens is 2. The van der Waals surface area contributed by atoms with Gasteiger partial charge in [-0.2, -0.15) is 0 Å². The number of carbonyl (C=O) groups excluding carboxylic acids is 1. The molecule has 0 aliphatic carbocycles. The Morgan fingerprint density at radius 3 is 2.74 bits per heavy atom. The fourth-order valence-corrected chi connectivity index (χ4v) is 2.53. The van der Waals surface area contributed by atoms with Crippen LogP contribution >= 0.6 is 0 Å². The van der Waals surface area contributed by atoms with Crippen molar-refractivity contribution in [2.45, 2.75) is 20.4 Å². The third-order valence-corrected chi connectivity index (χ3v) is 3.67. The van der Waals surface area contributed by atoms with E-state index >= 15 is 0 Å². The normalized spacial score (nSPS) is 10.7. The molecule has 0 spiro atoms. The van der Waals surface area contributed by atoms with Crippen LogP contribution in [0.15, 0.2) is 53.6 Å². The van der Waals surface area contributed by atoms with Crippen molar-refractivity contribution < 1.29 is 4.79 Å². The maximum atomic E-state index is 12.5. The summed E-state index contributed by atoms with van der Waals surface area (Å²) >= 11 is 0. The summed E-state index contributed by atoms with van der Waals surface area (Å²) in [5.41, 5.74) is 3.18. The number of nitrogens with zero attached hydrogens (tertiary/aromatic N) is 2. The van der Waals surface area contributed by atoms with Gasteiger partial charge in [0.15, 0.2) is 0 Å². The Labute approximate surface area is 133 Å². The molecule has 0 saturated carbocycles. The van der Waals surface area contributed by atoms with E-state index < -0.39 is 0 Å². The van der Waals surface area contributed by atoms with E-state index in [4.69, 9.17) is 0 Å². The molecule has 5 nitrogen and oxygen atoms in total. The van der Waals surface area contributed by atoms with Gasteiger partial charge in [-0.3, -0.25) is 14.2 Å². The molecule has 0 atom stereocenters. The van der Waals surface area contributed by atoms with Gasteiger partial charge in [0.2, 0.25) is 5.91 Å². The minimum atomic E-state index is -0.258. The number of benzene rings is 2. The van der Waals surface area contributed by atoms with Crippen LogP contribution in [-0.4, -0.2) is 15.5 Å². The van der Waals surface area contributed by atoms with Crippen LogP contribution in [0.4, 0.5) is 5.69 Å². The lowest BCUT2D eigenvalue weighted by Gasteiger charge is -2.09. The maximum Gasteiger partial charge on any atom is 0.261 e. The van der Waals surface area contributed by atoms with Crippen LogP contribution in [0.2, 0.25) is 0 Å². The monoisotopic (exact) mass is 307 g/mol. The topological polar surface area (TPSA) is 64.0 Å². The molecule has 0 unspecified atom stereocenters. The number of amides is 1. The van der Waals surface area contributed by atoms with E-state index in [0.29, 0.717) is 16.6 Å². The van der Waals surface area contributed by atoms with Crippen LogP contribution in [0, 0.1) is 13.8 Å². The molecule has 23 heavy (non-hydrogen) atoms. The van der Waals surface area contributed by atoms with Gasteiger partial charge in [0.25, 0.3) is 5.56 Å². The van der Waals surface area contributed by atoms with Crippen molar-refractivity contribution in [3.05, 3.63) is 70.3 Å². The molecule has 0 fully saturated rings. The van der Waals surface area contributed by atoms with Crippen LogP contribution < -0.4 is 10.9 Å². The quantitative estimate of drug-likeness (QED) is 0.809. The first-order valence-electron chi connectivity index (χ1n) is 7.36. The van der Waals surface area contributed by atoms with Crippen molar-refractivity contribution in [1.29, 1.82) is 0 Å². The van der Waals surface area contributed by atoms with Crippen molar-refractivity contribution in [2.75, 3.05) is 5.32 Å². The number of hydrogen-bond acceptors (Lipinski definition) is 3. The van der Waals surface area contributed by atoms with Crippen LogP contribution in [0.25, 0.3) is 10.9 Å². The Kier molecular flexibility index (Phi) is 3.93. The van der Waals surface area contributed by atoms with Gasteiger partial charge in [-0.25, -0.2) is 4.98 Å². The Balaban J connectivity index is 1.85. The third-order valence-electron chi connectivity index (χ3n) is 3.67. The molecule has 1 amide bonds. The SMILES string of the molecule is Cc1cccc(NC(=O)Cn2cnc3c(C)cccc3c2=O)c1. The fraction of sp³-hybridized carbons (Fsp3) is 0.167. The Morgan fingerprint density at radius 2 is 1.96 bits per heavy atom. The van der Waals surface area contributed by atoms with Gasteiger partial charge >= 0.3 is 0 Å². The summed E-state index contributed by atoms with van der Waals surface area (Å²) in [6, 6.07) is 13.0. The summed E-state index contributed by atoms with van der Waals surface area (Å²) in [4.78, 5) is 28.9. The molecule has 1 aromatic heterocycles. The average Bonchev–Trinajstić information content (AvgIpc) is 2.51. The van der Waals surface area contributed by atoms with Gasteiger partial charge in [0.05, 0.1) is 17.2 Å². The van der Waals surface area contributed by atoms with Gasteiger partial charge in [-0.1, -0.05) is 24.3 Å². The zero-order valence-corrected chi connectivity index (χ0v) is 13.0. The molecular formula is C18H17N3O2. The second-order valence-corrected chi connectivity index (χ2v) is 5.57. The molecule has 3 rings (SSSR count). The van der Waals surface area contributed by atoms with E-state index in [1.54, 1.807) is 6.07 Å². The highest BCUT2D eigenvalue weighted by molar-refractivity contribution is 5.90. The molecule has 0 saturated heterocycles. The van der Waals surface area contributed by atoms with E-state index in [-0.39, 0.29) is 18.0 Å². The number of para-hydroxylation sites is 1. The number of hydrogen-bond donors (Lipinski definition) is 1. The second-order valence-electron chi connectivity index (χ2n) is 5.57. The number of aryl methyl sites for hydroxylation is 2. The van der Waals surface area contributed by atoms with E-state index in [9.17, 15) is 9.59 Å². The summed E-state index contributed by atoms with van der Waals surface area (Å²) in [7, 11) is 0. The van der Waals surface area contributed by atoms with Crippen LogP contribution in [-0.2, 0) is 11.3 Å². The Morgan fingerprint density at radius 1 is 1.17 bits per heavy atom. The van der Waals surface area contributed by atoms with E-state index in [1.807, 2.05) is 50.2 Å². The highest BCUT2D eigenvalue weighted by atomic mass is 16.2. The van der Waals surface area contributed by atoms with Gasteiger partial charge in [0, 0.05) is 5.69 Å². The summed E-state index contributed by atoms with van der Waals surface area (Å²) in [6.07, 6.45) is 1.42. The van der Waals surface area contributed by atoms with Crippen LogP contribution in [0.1, 0.15) is 11.1 Å². The molecular weight excluding hydrogens is 290 g/mol. The number of rotatable bonds is 3. The number of anilines is 1. The molecule has 5 heteroatoms.